The Morgan fingerprint density at radius 1 is 1.47 bits per heavy atom. The average Bonchev–Trinajstić information content (AvgIpc) is 2.37. The average molecular weight is 287 g/mol. The zero-order valence-corrected chi connectivity index (χ0v) is 11.8. The first-order valence-electron chi connectivity index (χ1n) is 5.75. The third kappa shape index (κ3) is 3.68. The molecule has 0 aliphatic rings. The van der Waals surface area contributed by atoms with Crippen LogP contribution in [0.15, 0.2) is 23.1 Å². The van der Waals surface area contributed by atoms with Crippen molar-refractivity contribution in [1.29, 1.82) is 0 Å². The maximum absolute atomic E-state index is 12.0. The summed E-state index contributed by atoms with van der Waals surface area (Å²) in [4.78, 5) is 11.0. The molecular weight excluding hydrogens is 270 g/mol. The lowest BCUT2D eigenvalue weighted by atomic mass is 10.2. The van der Waals surface area contributed by atoms with Crippen molar-refractivity contribution in [3.8, 4) is 5.75 Å². The van der Waals surface area contributed by atoms with Crippen LogP contribution in [0.5, 0.6) is 5.75 Å². The topological polar surface area (TPSA) is 92.7 Å². The number of aromatic carboxylic acids is 1. The SMILES string of the molecule is CC[C@H](C)NS(=O)(=O)c1ccc(OC)c(C(=O)O)c1. The van der Waals surface area contributed by atoms with E-state index in [1.165, 1.54) is 19.2 Å². The molecule has 1 atom stereocenters. The van der Waals surface area contributed by atoms with E-state index in [1.54, 1.807) is 6.92 Å². The molecule has 0 saturated heterocycles. The molecule has 0 radical (unpaired) electrons. The Morgan fingerprint density at radius 3 is 2.58 bits per heavy atom. The van der Waals surface area contributed by atoms with Crippen LogP contribution < -0.4 is 9.46 Å². The van der Waals surface area contributed by atoms with E-state index in [0.717, 1.165) is 6.07 Å². The number of hydrogen-bond acceptors (Lipinski definition) is 4. The first-order valence-corrected chi connectivity index (χ1v) is 7.23. The van der Waals surface area contributed by atoms with Gasteiger partial charge in [-0.2, -0.15) is 0 Å². The molecule has 0 aliphatic carbocycles. The van der Waals surface area contributed by atoms with Crippen molar-refractivity contribution in [3.63, 3.8) is 0 Å². The summed E-state index contributed by atoms with van der Waals surface area (Å²) in [5.74, 6) is -1.12. The van der Waals surface area contributed by atoms with Crippen LogP contribution in [0.1, 0.15) is 30.6 Å². The molecule has 1 aromatic carbocycles. The lowest BCUT2D eigenvalue weighted by Crippen LogP contribution is -2.32. The van der Waals surface area contributed by atoms with E-state index in [4.69, 9.17) is 9.84 Å². The summed E-state index contributed by atoms with van der Waals surface area (Å²) in [6.45, 7) is 3.59. The van der Waals surface area contributed by atoms with Crippen molar-refractivity contribution < 1.29 is 23.1 Å². The second kappa shape index (κ2) is 6.03. The maximum atomic E-state index is 12.0. The van der Waals surface area contributed by atoms with E-state index in [1.807, 2.05) is 6.92 Å². The van der Waals surface area contributed by atoms with Crippen molar-refractivity contribution in [2.45, 2.75) is 31.2 Å². The highest BCUT2D eigenvalue weighted by atomic mass is 32.2. The van der Waals surface area contributed by atoms with Gasteiger partial charge in [0.25, 0.3) is 0 Å². The molecule has 106 valence electrons. The maximum Gasteiger partial charge on any atom is 0.339 e. The molecule has 1 aromatic rings. The summed E-state index contributed by atoms with van der Waals surface area (Å²) in [5.41, 5.74) is -0.186. The van der Waals surface area contributed by atoms with E-state index < -0.39 is 16.0 Å². The minimum atomic E-state index is -3.72. The minimum absolute atomic E-state index is 0.0917. The number of sulfonamides is 1. The quantitative estimate of drug-likeness (QED) is 0.826. The number of methoxy groups -OCH3 is 1. The Morgan fingerprint density at radius 2 is 2.11 bits per heavy atom. The van der Waals surface area contributed by atoms with Crippen LogP contribution in [0.2, 0.25) is 0 Å². The van der Waals surface area contributed by atoms with E-state index in [2.05, 4.69) is 4.72 Å². The molecule has 6 nitrogen and oxygen atoms in total. The van der Waals surface area contributed by atoms with Gasteiger partial charge in [-0.15, -0.1) is 0 Å². The number of nitrogens with one attached hydrogen (secondary N) is 1. The smallest absolute Gasteiger partial charge is 0.339 e. The monoisotopic (exact) mass is 287 g/mol. The van der Waals surface area contributed by atoms with E-state index in [0.29, 0.717) is 6.42 Å². The second-order valence-electron chi connectivity index (χ2n) is 4.10. The van der Waals surface area contributed by atoms with Gasteiger partial charge in [0.1, 0.15) is 11.3 Å². The lowest BCUT2D eigenvalue weighted by Gasteiger charge is -2.13. The Balaban J connectivity index is 3.22. The summed E-state index contributed by atoms with van der Waals surface area (Å²) >= 11 is 0. The van der Waals surface area contributed by atoms with Gasteiger partial charge in [0.05, 0.1) is 12.0 Å². The van der Waals surface area contributed by atoms with Gasteiger partial charge in [-0.3, -0.25) is 0 Å². The van der Waals surface area contributed by atoms with Crippen molar-refractivity contribution in [3.05, 3.63) is 23.8 Å². The molecule has 0 bridgehead atoms. The van der Waals surface area contributed by atoms with Gasteiger partial charge in [0, 0.05) is 6.04 Å². The Bertz CT molecular complexity index is 567. The fourth-order valence-electron chi connectivity index (χ4n) is 1.44. The molecule has 19 heavy (non-hydrogen) atoms. The molecular formula is C12H17NO5S. The number of carboxylic acids is 1. The van der Waals surface area contributed by atoms with Crippen LogP contribution in [0.4, 0.5) is 0 Å². The van der Waals surface area contributed by atoms with Gasteiger partial charge in [-0.25, -0.2) is 17.9 Å². The molecule has 0 aliphatic heterocycles. The van der Waals surface area contributed by atoms with Gasteiger partial charge in [0.2, 0.25) is 10.0 Å². The predicted molar refractivity (Wildman–Crippen MR) is 70.0 cm³/mol. The highest BCUT2D eigenvalue weighted by Crippen LogP contribution is 2.22. The Hall–Kier alpha value is -1.60. The molecule has 0 aromatic heterocycles. The highest BCUT2D eigenvalue weighted by molar-refractivity contribution is 7.89. The first-order chi connectivity index (χ1) is 8.81. The van der Waals surface area contributed by atoms with Gasteiger partial charge >= 0.3 is 5.97 Å². The van der Waals surface area contributed by atoms with Crippen molar-refractivity contribution in [2.75, 3.05) is 7.11 Å². The predicted octanol–water partition coefficient (Wildman–Crippen LogP) is 1.47. The number of carboxylic acid groups (broad SMARTS) is 1. The van der Waals surface area contributed by atoms with Gasteiger partial charge in [-0.05, 0) is 31.5 Å². The van der Waals surface area contributed by atoms with Crippen molar-refractivity contribution in [2.24, 2.45) is 0 Å². The summed E-state index contributed by atoms with van der Waals surface area (Å²) in [6, 6.07) is 3.51. The van der Waals surface area contributed by atoms with Crippen LogP contribution in [-0.4, -0.2) is 32.6 Å². The molecule has 0 heterocycles. The van der Waals surface area contributed by atoms with Crippen LogP contribution in [0.25, 0.3) is 0 Å². The van der Waals surface area contributed by atoms with Gasteiger partial charge < -0.3 is 9.84 Å². The number of rotatable bonds is 6. The number of carbonyl (C=O) groups is 1. The first kappa shape index (κ1) is 15.5. The molecule has 7 heteroatoms. The summed E-state index contributed by atoms with van der Waals surface area (Å²) in [6.07, 6.45) is 0.640. The molecule has 0 unspecified atom stereocenters. The lowest BCUT2D eigenvalue weighted by molar-refractivity contribution is 0.0693. The third-order valence-electron chi connectivity index (χ3n) is 2.68. The van der Waals surface area contributed by atoms with E-state index >= 15 is 0 Å². The molecule has 2 N–H and O–H groups in total. The largest absolute Gasteiger partial charge is 0.496 e. The third-order valence-corrected chi connectivity index (χ3v) is 4.27. The number of ether oxygens (including phenoxy) is 1. The van der Waals surface area contributed by atoms with Crippen LogP contribution in [0.3, 0.4) is 0 Å². The van der Waals surface area contributed by atoms with Crippen LogP contribution >= 0.6 is 0 Å². The Labute approximate surface area is 112 Å². The molecule has 0 spiro atoms. The normalized spacial score (nSPS) is 13.0. The molecule has 1 rings (SSSR count). The summed E-state index contributed by atoms with van der Waals surface area (Å²) in [7, 11) is -2.39. The zero-order chi connectivity index (χ0) is 14.6. The highest BCUT2D eigenvalue weighted by Gasteiger charge is 2.20. The zero-order valence-electron chi connectivity index (χ0n) is 11.0. The molecule has 0 fully saturated rings. The van der Waals surface area contributed by atoms with Crippen molar-refractivity contribution in [1.82, 2.24) is 4.72 Å². The summed E-state index contributed by atoms with van der Waals surface area (Å²) in [5, 5.41) is 9.02. The van der Waals surface area contributed by atoms with Gasteiger partial charge in [0.15, 0.2) is 0 Å². The van der Waals surface area contributed by atoms with Crippen molar-refractivity contribution >= 4 is 16.0 Å². The minimum Gasteiger partial charge on any atom is -0.496 e. The van der Waals surface area contributed by atoms with E-state index in [-0.39, 0.29) is 22.3 Å². The molecule has 0 amide bonds. The molecule has 0 saturated carbocycles. The number of benzene rings is 1. The fraction of sp³-hybridized carbons (Fsp3) is 0.417. The Kier molecular flexibility index (Phi) is 4.90. The number of hydrogen-bond donors (Lipinski definition) is 2. The van der Waals surface area contributed by atoms with Crippen LogP contribution in [0, 0.1) is 0 Å². The van der Waals surface area contributed by atoms with Crippen LogP contribution in [-0.2, 0) is 10.0 Å². The van der Waals surface area contributed by atoms with E-state index in [9.17, 15) is 13.2 Å². The second-order valence-corrected chi connectivity index (χ2v) is 5.81. The van der Waals surface area contributed by atoms with Gasteiger partial charge in [-0.1, -0.05) is 6.92 Å². The fourth-order valence-corrected chi connectivity index (χ4v) is 2.79. The standard InChI is InChI=1S/C12H17NO5S/c1-4-8(2)13-19(16,17)9-5-6-11(18-3)10(7-9)12(14)15/h5-8,13H,4H2,1-3H3,(H,14,15)/t8-/m0/s1. The summed E-state index contributed by atoms with van der Waals surface area (Å²) < 4.78 is 31.4.